The van der Waals surface area contributed by atoms with Crippen LogP contribution in [0.4, 0.5) is 5.82 Å². The number of benzene rings is 1. The summed E-state index contributed by atoms with van der Waals surface area (Å²) in [7, 11) is 2.27. The Morgan fingerprint density at radius 1 is 1.00 bits per heavy atom. The Kier molecular flexibility index (Phi) is 9.54. The number of pyridine rings is 1. The minimum atomic E-state index is 0.551. The summed E-state index contributed by atoms with van der Waals surface area (Å²) < 4.78 is 0. The lowest BCUT2D eigenvalue weighted by Gasteiger charge is -2.23. The van der Waals surface area contributed by atoms with Crippen LogP contribution in [-0.2, 0) is 12.8 Å². The van der Waals surface area contributed by atoms with E-state index in [0.717, 1.165) is 65.3 Å². The lowest BCUT2D eigenvalue weighted by atomic mass is 9.95. The van der Waals surface area contributed by atoms with Gasteiger partial charge in [-0.1, -0.05) is 59.1 Å². The first-order chi connectivity index (χ1) is 15.9. The molecule has 3 aromatic rings. The summed E-state index contributed by atoms with van der Waals surface area (Å²) in [6.45, 7) is 11.7. The molecule has 0 bridgehead atoms. The number of aromatic amines is 1. The number of aromatic nitrogens is 3. The Morgan fingerprint density at radius 2 is 1.82 bits per heavy atom. The maximum atomic E-state index is 6.26. The van der Waals surface area contributed by atoms with Crippen molar-refractivity contribution < 1.29 is 0 Å². The molecule has 0 saturated carbocycles. The summed E-state index contributed by atoms with van der Waals surface area (Å²) in [5.74, 6) is 3.19. The van der Waals surface area contributed by atoms with Gasteiger partial charge in [0.2, 0.25) is 0 Å². The Hall–Kier alpha value is -2.14. The second-order valence-electron chi connectivity index (χ2n) is 10.3. The highest BCUT2D eigenvalue weighted by Gasteiger charge is 2.13. The molecule has 0 saturated heterocycles. The summed E-state index contributed by atoms with van der Waals surface area (Å²) in [6, 6.07) is 6.62. The maximum Gasteiger partial charge on any atom is 0.150 e. The number of H-pyrrole nitrogens is 1. The van der Waals surface area contributed by atoms with Crippen LogP contribution in [0, 0.1) is 11.8 Å². The van der Waals surface area contributed by atoms with Gasteiger partial charge in [-0.3, -0.25) is 0 Å². The van der Waals surface area contributed by atoms with Gasteiger partial charge in [0, 0.05) is 18.4 Å². The van der Waals surface area contributed by atoms with Crippen LogP contribution in [0.1, 0.15) is 84.0 Å². The molecule has 1 aromatic carbocycles. The molecular weight excluding hydrogens is 406 g/mol. The fraction of sp³-hybridized carbons (Fsp3) is 0.643. The topological polar surface area (TPSA) is 70.8 Å². The molecule has 0 aliphatic heterocycles. The van der Waals surface area contributed by atoms with Crippen LogP contribution in [-0.4, -0.2) is 40.0 Å². The first-order valence-electron chi connectivity index (χ1n) is 13.2. The van der Waals surface area contributed by atoms with Gasteiger partial charge < -0.3 is 15.6 Å². The van der Waals surface area contributed by atoms with Gasteiger partial charge in [-0.25, -0.2) is 9.97 Å². The van der Waals surface area contributed by atoms with Gasteiger partial charge in [0.05, 0.1) is 5.52 Å². The van der Waals surface area contributed by atoms with E-state index in [2.05, 4.69) is 67.8 Å². The highest BCUT2D eigenvalue weighted by Crippen LogP contribution is 2.27. The third-order valence-corrected chi connectivity index (χ3v) is 6.96. The zero-order valence-corrected chi connectivity index (χ0v) is 21.6. The van der Waals surface area contributed by atoms with Crippen molar-refractivity contribution in [1.82, 2.24) is 19.9 Å². The van der Waals surface area contributed by atoms with Gasteiger partial charge in [-0.15, -0.1) is 0 Å². The van der Waals surface area contributed by atoms with E-state index >= 15 is 0 Å². The number of nitrogens with one attached hydrogen (secondary N) is 1. The lowest BCUT2D eigenvalue weighted by molar-refractivity contribution is 0.255. The SMILES string of the molecule is CCCCc1nc2c([nH]1)c(N)nc1cc(CCCCCN(C)CC(C)CC(C)CC)ccc12. The Morgan fingerprint density at radius 3 is 2.58 bits per heavy atom. The van der Waals surface area contributed by atoms with Crippen LogP contribution in [0.2, 0.25) is 0 Å². The Balaban J connectivity index is 1.50. The average molecular weight is 452 g/mol. The zero-order chi connectivity index (χ0) is 23.8. The molecule has 2 heterocycles. The van der Waals surface area contributed by atoms with Gasteiger partial charge in [0.1, 0.15) is 22.7 Å². The first-order valence-corrected chi connectivity index (χ1v) is 13.2. The smallest absolute Gasteiger partial charge is 0.150 e. The van der Waals surface area contributed by atoms with Gasteiger partial charge in [-0.05, 0) is 69.2 Å². The molecule has 0 radical (unpaired) electrons. The van der Waals surface area contributed by atoms with E-state index in [4.69, 9.17) is 10.7 Å². The van der Waals surface area contributed by atoms with E-state index in [1.54, 1.807) is 0 Å². The largest absolute Gasteiger partial charge is 0.382 e. The first kappa shape index (κ1) is 25.5. The highest BCUT2D eigenvalue weighted by atomic mass is 15.1. The summed E-state index contributed by atoms with van der Waals surface area (Å²) in [4.78, 5) is 15.4. The molecule has 2 aromatic heterocycles. The number of aryl methyl sites for hydroxylation is 2. The number of fused-ring (bicyclic) bond motifs is 3. The van der Waals surface area contributed by atoms with Crippen molar-refractivity contribution in [2.24, 2.45) is 11.8 Å². The molecule has 0 amide bonds. The van der Waals surface area contributed by atoms with Crippen LogP contribution in [0.5, 0.6) is 0 Å². The molecule has 33 heavy (non-hydrogen) atoms. The van der Waals surface area contributed by atoms with Crippen LogP contribution < -0.4 is 5.73 Å². The number of nitrogens with zero attached hydrogens (tertiary/aromatic N) is 3. The second-order valence-corrected chi connectivity index (χ2v) is 10.3. The summed E-state index contributed by atoms with van der Waals surface area (Å²) >= 11 is 0. The predicted octanol–water partition coefficient (Wildman–Crippen LogP) is 6.75. The normalized spacial score (nSPS) is 13.9. The number of hydrogen-bond acceptors (Lipinski definition) is 4. The number of unbranched alkanes of at least 4 members (excludes halogenated alkanes) is 3. The monoisotopic (exact) mass is 451 g/mol. The second kappa shape index (κ2) is 12.4. The van der Waals surface area contributed by atoms with Gasteiger partial charge >= 0.3 is 0 Å². The number of imidazole rings is 1. The van der Waals surface area contributed by atoms with E-state index in [1.165, 1.54) is 50.8 Å². The Labute approximate surface area is 200 Å². The van der Waals surface area contributed by atoms with Crippen molar-refractivity contribution in [3.63, 3.8) is 0 Å². The molecule has 2 unspecified atom stereocenters. The fourth-order valence-electron chi connectivity index (χ4n) is 4.92. The molecule has 0 aliphatic rings. The van der Waals surface area contributed by atoms with Gasteiger partial charge in [-0.2, -0.15) is 0 Å². The zero-order valence-electron chi connectivity index (χ0n) is 21.6. The molecule has 0 fully saturated rings. The van der Waals surface area contributed by atoms with E-state index in [1.807, 2.05) is 0 Å². The third kappa shape index (κ3) is 7.17. The van der Waals surface area contributed by atoms with Gasteiger partial charge in [0.25, 0.3) is 0 Å². The molecule has 3 N–H and O–H groups in total. The van der Waals surface area contributed by atoms with E-state index in [-0.39, 0.29) is 0 Å². The van der Waals surface area contributed by atoms with Crippen LogP contribution in [0.25, 0.3) is 21.9 Å². The highest BCUT2D eigenvalue weighted by molar-refractivity contribution is 6.06. The van der Waals surface area contributed by atoms with Crippen molar-refractivity contribution in [1.29, 1.82) is 0 Å². The van der Waals surface area contributed by atoms with Crippen molar-refractivity contribution in [2.75, 3.05) is 25.9 Å². The number of hydrogen-bond donors (Lipinski definition) is 2. The number of rotatable bonds is 14. The molecular formula is C28H45N5. The quantitative estimate of drug-likeness (QED) is 0.266. The maximum absolute atomic E-state index is 6.26. The average Bonchev–Trinajstić information content (AvgIpc) is 3.22. The molecule has 5 nitrogen and oxygen atoms in total. The lowest BCUT2D eigenvalue weighted by Crippen LogP contribution is -2.26. The third-order valence-electron chi connectivity index (χ3n) is 6.96. The minimum absolute atomic E-state index is 0.551. The standard InChI is InChI=1S/C28H45N5/c1-6-8-13-25-31-26-23-15-14-22(18-24(23)30-28(29)27(26)32-25)12-10-9-11-16-33(5)19-21(4)17-20(3)7-2/h14-15,18,20-21H,6-13,16-17,19H2,1-5H3,(H2,29,30)(H,31,32). The van der Waals surface area contributed by atoms with Crippen molar-refractivity contribution >= 4 is 27.8 Å². The summed E-state index contributed by atoms with van der Waals surface area (Å²) in [5, 5.41) is 1.09. The summed E-state index contributed by atoms with van der Waals surface area (Å²) in [5.41, 5.74) is 10.4. The molecule has 5 heteroatoms. The molecule has 0 spiro atoms. The molecule has 0 aliphatic carbocycles. The number of nitrogens with two attached hydrogens (primary N) is 1. The van der Waals surface area contributed by atoms with E-state index in [9.17, 15) is 0 Å². The van der Waals surface area contributed by atoms with Crippen molar-refractivity contribution in [3.05, 3.63) is 29.6 Å². The van der Waals surface area contributed by atoms with Crippen LogP contribution in [0.3, 0.4) is 0 Å². The van der Waals surface area contributed by atoms with E-state index in [0.29, 0.717) is 5.82 Å². The van der Waals surface area contributed by atoms with Crippen LogP contribution in [0.15, 0.2) is 18.2 Å². The number of anilines is 1. The number of nitrogen functional groups attached to an aromatic ring is 1. The van der Waals surface area contributed by atoms with Crippen molar-refractivity contribution in [3.8, 4) is 0 Å². The molecule has 3 rings (SSSR count). The molecule has 182 valence electrons. The Bertz CT molecular complexity index is 1010. The predicted molar refractivity (Wildman–Crippen MR) is 143 cm³/mol. The van der Waals surface area contributed by atoms with Gasteiger partial charge in [0.15, 0.2) is 0 Å². The molecule has 2 atom stereocenters. The summed E-state index contributed by atoms with van der Waals surface area (Å²) in [6.07, 6.45) is 10.7. The van der Waals surface area contributed by atoms with E-state index < -0.39 is 0 Å². The fourth-order valence-corrected chi connectivity index (χ4v) is 4.92. The van der Waals surface area contributed by atoms with Crippen LogP contribution >= 0.6 is 0 Å². The minimum Gasteiger partial charge on any atom is -0.382 e. The van der Waals surface area contributed by atoms with Crippen molar-refractivity contribution in [2.45, 2.75) is 85.5 Å².